The Hall–Kier alpha value is -1.64. The van der Waals surface area contributed by atoms with E-state index in [9.17, 15) is 9.59 Å². The van der Waals surface area contributed by atoms with Gasteiger partial charge in [0.1, 0.15) is 0 Å². The van der Waals surface area contributed by atoms with Gasteiger partial charge in [0.05, 0.1) is 6.04 Å². The number of hydrogen-bond acceptors (Lipinski definition) is 2. The van der Waals surface area contributed by atoms with Gasteiger partial charge in [-0.1, -0.05) is 82.7 Å². The van der Waals surface area contributed by atoms with Crippen molar-refractivity contribution < 1.29 is 9.59 Å². The maximum atomic E-state index is 12.6. The largest absolute Gasteiger partial charge is 0.346 e. The molecule has 1 amide bonds. The summed E-state index contributed by atoms with van der Waals surface area (Å²) < 4.78 is 0. The van der Waals surface area contributed by atoms with Crippen LogP contribution in [-0.4, -0.2) is 17.7 Å². The van der Waals surface area contributed by atoms with Crippen LogP contribution in [0.2, 0.25) is 0 Å². The van der Waals surface area contributed by atoms with E-state index in [0.717, 1.165) is 50.5 Å². The molecule has 0 unspecified atom stereocenters. The maximum Gasteiger partial charge on any atom is 0.220 e. The van der Waals surface area contributed by atoms with E-state index in [-0.39, 0.29) is 17.7 Å². The smallest absolute Gasteiger partial charge is 0.220 e. The molecule has 0 aliphatic heterocycles. The van der Waals surface area contributed by atoms with Gasteiger partial charge in [-0.05, 0) is 24.8 Å². The Kier molecular flexibility index (Phi) is 11.7. The highest BCUT2D eigenvalue weighted by molar-refractivity contribution is 5.89. The molecule has 0 heterocycles. The van der Waals surface area contributed by atoms with Gasteiger partial charge in [-0.3, -0.25) is 9.59 Å². The second kappa shape index (κ2) is 13.6. The Morgan fingerprint density at radius 1 is 0.840 bits per heavy atom. The highest BCUT2D eigenvalue weighted by atomic mass is 16.2. The van der Waals surface area contributed by atoms with Crippen molar-refractivity contribution in [2.24, 2.45) is 0 Å². The van der Waals surface area contributed by atoms with Crippen LogP contribution in [-0.2, 0) is 16.0 Å². The summed E-state index contributed by atoms with van der Waals surface area (Å²) in [6.07, 6.45) is 10.3. The molecule has 1 atom stereocenters. The molecule has 0 spiro atoms. The molecule has 0 aromatic heterocycles. The molecule has 3 heteroatoms. The van der Waals surface area contributed by atoms with Gasteiger partial charge >= 0.3 is 0 Å². The number of Topliss-reactive ketones (excluding diaryl/α,β-unsaturated/α-hetero) is 1. The summed E-state index contributed by atoms with van der Waals surface area (Å²) in [6, 6.07) is 9.57. The predicted octanol–water partition coefficient (Wildman–Crippen LogP) is 5.22. The summed E-state index contributed by atoms with van der Waals surface area (Å²) in [5.41, 5.74) is 1.10. The summed E-state index contributed by atoms with van der Waals surface area (Å²) in [5, 5.41) is 2.99. The minimum atomic E-state index is -0.386. The first kappa shape index (κ1) is 21.4. The fourth-order valence-corrected chi connectivity index (χ4v) is 2.97. The molecule has 0 bridgehead atoms. The molecule has 3 nitrogen and oxygen atoms in total. The van der Waals surface area contributed by atoms with Crippen LogP contribution in [0.3, 0.4) is 0 Å². The maximum absolute atomic E-state index is 12.6. The van der Waals surface area contributed by atoms with Gasteiger partial charge in [0.2, 0.25) is 5.91 Å². The zero-order chi connectivity index (χ0) is 18.3. The topological polar surface area (TPSA) is 46.2 Å². The van der Waals surface area contributed by atoms with Gasteiger partial charge in [-0.2, -0.15) is 0 Å². The number of nitrogens with one attached hydrogen (secondary N) is 1. The Morgan fingerprint density at radius 3 is 2.04 bits per heavy atom. The molecule has 0 radical (unpaired) electrons. The number of benzene rings is 1. The number of carbonyl (C=O) groups excluding carboxylic acids is 2. The lowest BCUT2D eigenvalue weighted by atomic mass is 9.98. The number of carbonyl (C=O) groups is 2. The molecule has 1 aromatic rings. The van der Waals surface area contributed by atoms with Crippen molar-refractivity contribution in [3.63, 3.8) is 0 Å². The third kappa shape index (κ3) is 10.1. The molecule has 140 valence electrons. The summed E-state index contributed by atoms with van der Waals surface area (Å²) in [5.74, 6) is 0.181. The lowest BCUT2D eigenvalue weighted by Gasteiger charge is -2.18. The van der Waals surface area contributed by atoms with Crippen LogP contribution < -0.4 is 5.32 Å². The van der Waals surface area contributed by atoms with Gasteiger partial charge in [-0.25, -0.2) is 0 Å². The number of ketones is 1. The predicted molar refractivity (Wildman–Crippen MR) is 105 cm³/mol. The van der Waals surface area contributed by atoms with E-state index in [1.807, 2.05) is 30.3 Å². The molecular weight excluding hydrogens is 310 g/mol. The van der Waals surface area contributed by atoms with Gasteiger partial charge in [0.25, 0.3) is 0 Å². The van der Waals surface area contributed by atoms with Crippen molar-refractivity contribution in [3.8, 4) is 0 Å². The second-order valence-electron chi connectivity index (χ2n) is 6.90. The van der Waals surface area contributed by atoms with Crippen LogP contribution in [0, 0.1) is 0 Å². The standard InChI is InChI=1S/C22H35NO2/c1-3-5-7-12-16-21(24)20(18-19-14-10-9-11-15-19)23-22(25)17-13-8-6-4-2/h9-11,14-15,20H,3-8,12-13,16-18H2,1-2H3,(H,23,25)/t20-/m1/s1. The van der Waals surface area contributed by atoms with Crippen LogP contribution in [0.1, 0.15) is 83.6 Å². The normalized spacial score (nSPS) is 11.9. The van der Waals surface area contributed by atoms with Crippen molar-refractivity contribution in [1.82, 2.24) is 5.32 Å². The molecule has 0 fully saturated rings. The number of amides is 1. The van der Waals surface area contributed by atoms with Crippen molar-refractivity contribution in [2.45, 2.75) is 90.5 Å². The highest BCUT2D eigenvalue weighted by Gasteiger charge is 2.20. The fraction of sp³-hybridized carbons (Fsp3) is 0.636. The molecule has 25 heavy (non-hydrogen) atoms. The van der Waals surface area contributed by atoms with E-state index < -0.39 is 0 Å². The zero-order valence-electron chi connectivity index (χ0n) is 16.1. The average Bonchev–Trinajstić information content (AvgIpc) is 2.62. The first-order valence-corrected chi connectivity index (χ1v) is 10.0. The van der Waals surface area contributed by atoms with Crippen molar-refractivity contribution in [1.29, 1.82) is 0 Å². The van der Waals surface area contributed by atoms with Crippen molar-refractivity contribution in [2.75, 3.05) is 0 Å². The van der Waals surface area contributed by atoms with Gasteiger partial charge < -0.3 is 5.32 Å². The Labute approximate surface area is 153 Å². The van der Waals surface area contributed by atoms with Crippen LogP contribution in [0.5, 0.6) is 0 Å². The number of hydrogen-bond donors (Lipinski definition) is 1. The van der Waals surface area contributed by atoms with Gasteiger partial charge in [-0.15, -0.1) is 0 Å². The minimum absolute atomic E-state index is 0.0129. The molecule has 0 aliphatic rings. The Bertz CT molecular complexity index is 484. The minimum Gasteiger partial charge on any atom is -0.346 e. The van der Waals surface area contributed by atoms with Crippen molar-refractivity contribution >= 4 is 11.7 Å². The summed E-state index contributed by atoms with van der Waals surface area (Å²) in [6.45, 7) is 4.33. The second-order valence-corrected chi connectivity index (χ2v) is 6.90. The molecule has 0 saturated carbocycles. The van der Waals surface area contributed by atoms with Crippen LogP contribution in [0.15, 0.2) is 30.3 Å². The summed E-state index contributed by atoms with van der Waals surface area (Å²) >= 11 is 0. The molecule has 0 aliphatic carbocycles. The summed E-state index contributed by atoms with van der Waals surface area (Å²) in [4.78, 5) is 24.8. The number of unbranched alkanes of at least 4 members (excludes halogenated alkanes) is 6. The zero-order valence-corrected chi connectivity index (χ0v) is 16.1. The van der Waals surface area contributed by atoms with Crippen LogP contribution in [0.25, 0.3) is 0 Å². The highest BCUT2D eigenvalue weighted by Crippen LogP contribution is 2.10. The van der Waals surface area contributed by atoms with E-state index >= 15 is 0 Å². The van der Waals surface area contributed by atoms with Crippen molar-refractivity contribution in [3.05, 3.63) is 35.9 Å². The van der Waals surface area contributed by atoms with Gasteiger partial charge in [0, 0.05) is 12.8 Å². The summed E-state index contributed by atoms with van der Waals surface area (Å²) in [7, 11) is 0. The molecular formula is C22H35NO2. The average molecular weight is 346 g/mol. The quantitative estimate of drug-likeness (QED) is 0.470. The third-order valence-electron chi connectivity index (χ3n) is 4.54. The van der Waals surface area contributed by atoms with E-state index in [1.54, 1.807) is 0 Å². The third-order valence-corrected chi connectivity index (χ3v) is 4.54. The van der Waals surface area contributed by atoms with E-state index in [4.69, 9.17) is 0 Å². The monoisotopic (exact) mass is 345 g/mol. The SMILES string of the molecule is CCCCCCC(=O)N[C@H](Cc1ccccc1)C(=O)CCCCCC. The van der Waals surface area contributed by atoms with E-state index in [1.165, 1.54) is 6.42 Å². The van der Waals surface area contributed by atoms with E-state index in [2.05, 4.69) is 19.2 Å². The molecule has 0 saturated heterocycles. The molecule has 1 rings (SSSR count). The van der Waals surface area contributed by atoms with Crippen LogP contribution >= 0.6 is 0 Å². The lowest BCUT2D eigenvalue weighted by Crippen LogP contribution is -2.42. The molecule has 1 aromatic carbocycles. The van der Waals surface area contributed by atoms with E-state index in [0.29, 0.717) is 19.3 Å². The van der Waals surface area contributed by atoms with Gasteiger partial charge in [0.15, 0.2) is 5.78 Å². The van der Waals surface area contributed by atoms with Crippen LogP contribution in [0.4, 0.5) is 0 Å². The molecule has 1 N–H and O–H groups in total. The number of rotatable bonds is 14. The lowest BCUT2D eigenvalue weighted by molar-refractivity contribution is -0.128. The fourth-order valence-electron chi connectivity index (χ4n) is 2.97. The Balaban J connectivity index is 2.54. The Morgan fingerprint density at radius 2 is 1.44 bits per heavy atom. The first-order chi connectivity index (χ1) is 12.2. The first-order valence-electron chi connectivity index (χ1n) is 10.0.